The van der Waals surface area contributed by atoms with Gasteiger partial charge in [0, 0.05) is 0 Å². The van der Waals surface area contributed by atoms with Gasteiger partial charge in [-0.15, -0.1) is 0 Å². The van der Waals surface area contributed by atoms with Crippen molar-refractivity contribution in [1.82, 2.24) is 0 Å². The standard InChI is InChI=1S/C18H18N2O2/c1-17(2)15(20-19)16(21)18(22-17,13-9-5-3-6-10-13)14-11-7-4-8-12-14/h3-12H,19H2,1-2H3/b20-15+. The van der Waals surface area contributed by atoms with Gasteiger partial charge in [0.05, 0.1) is 0 Å². The number of ketones is 1. The number of Topliss-reactive ketones (excluding diaryl/α,β-unsaturated/α-hetero) is 1. The molecule has 4 heteroatoms. The fourth-order valence-electron chi connectivity index (χ4n) is 3.02. The van der Waals surface area contributed by atoms with E-state index in [1.54, 1.807) is 0 Å². The van der Waals surface area contributed by atoms with Crippen molar-refractivity contribution in [3.63, 3.8) is 0 Å². The Morgan fingerprint density at radius 3 is 1.73 bits per heavy atom. The van der Waals surface area contributed by atoms with E-state index in [4.69, 9.17) is 10.6 Å². The molecule has 3 rings (SSSR count). The zero-order valence-corrected chi connectivity index (χ0v) is 12.6. The molecule has 0 aromatic heterocycles. The molecule has 1 fully saturated rings. The van der Waals surface area contributed by atoms with E-state index < -0.39 is 11.2 Å². The van der Waals surface area contributed by atoms with Gasteiger partial charge >= 0.3 is 0 Å². The van der Waals surface area contributed by atoms with Crippen molar-refractivity contribution in [2.45, 2.75) is 25.0 Å². The van der Waals surface area contributed by atoms with Crippen LogP contribution in [0.25, 0.3) is 0 Å². The summed E-state index contributed by atoms with van der Waals surface area (Å²) in [6, 6.07) is 18.9. The maximum Gasteiger partial charge on any atom is 0.222 e. The van der Waals surface area contributed by atoms with E-state index in [-0.39, 0.29) is 11.5 Å². The average Bonchev–Trinajstić information content (AvgIpc) is 2.75. The van der Waals surface area contributed by atoms with Crippen molar-refractivity contribution in [2.75, 3.05) is 0 Å². The number of rotatable bonds is 2. The SMILES string of the molecule is CC1(C)OC(c2ccccc2)(c2ccccc2)C(=O)/C1=N\N. The molecule has 0 spiro atoms. The molecule has 1 aliphatic rings. The second-order valence-electron chi connectivity index (χ2n) is 5.83. The summed E-state index contributed by atoms with van der Waals surface area (Å²) in [6.07, 6.45) is 0. The third-order valence-electron chi connectivity index (χ3n) is 4.00. The van der Waals surface area contributed by atoms with Crippen molar-refractivity contribution in [3.05, 3.63) is 71.8 Å². The minimum absolute atomic E-state index is 0.211. The highest BCUT2D eigenvalue weighted by Crippen LogP contribution is 2.44. The number of carbonyl (C=O) groups is 1. The number of nitrogens with zero attached hydrogens (tertiary/aromatic N) is 1. The second-order valence-corrected chi connectivity index (χ2v) is 5.83. The topological polar surface area (TPSA) is 64.7 Å². The Morgan fingerprint density at radius 1 is 0.909 bits per heavy atom. The second kappa shape index (κ2) is 5.07. The molecule has 112 valence electrons. The Hall–Kier alpha value is -2.46. The summed E-state index contributed by atoms with van der Waals surface area (Å²) >= 11 is 0. The molecule has 22 heavy (non-hydrogen) atoms. The van der Waals surface area contributed by atoms with Crippen LogP contribution in [0.5, 0.6) is 0 Å². The van der Waals surface area contributed by atoms with E-state index in [0.29, 0.717) is 0 Å². The molecule has 1 aliphatic heterocycles. The van der Waals surface area contributed by atoms with E-state index in [2.05, 4.69) is 5.10 Å². The summed E-state index contributed by atoms with van der Waals surface area (Å²) in [7, 11) is 0. The Kier molecular flexibility index (Phi) is 3.34. The van der Waals surface area contributed by atoms with Gasteiger partial charge in [-0.1, -0.05) is 60.7 Å². The summed E-state index contributed by atoms with van der Waals surface area (Å²) in [4.78, 5) is 13.1. The average molecular weight is 294 g/mol. The highest BCUT2D eigenvalue weighted by atomic mass is 16.5. The Labute approximate surface area is 129 Å². The van der Waals surface area contributed by atoms with E-state index in [0.717, 1.165) is 11.1 Å². The Morgan fingerprint density at radius 2 is 1.36 bits per heavy atom. The van der Waals surface area contributed by atoms with Gasteiger partial charge in [0.15, 0.2) is 5.60 Å². The van der Waals surface area contributed by atoms with Crippen LogP contribution in [0.1, 0.15) is 25.0 Å². The summed E-state index contributed by atoms with van der Waals surface area (Å²) in [5.74, 6) is 5.25. The van der Waals surface area contributed by atoms with Crippen LogP contribution in [0.3, 0.4) is 0 Å². The zero-order chi connectivity index (χ0) is 15.8. The number of nitrogens with two attached hydrogens (primary N) is 1. The summed E-state index contributed by atoms with van der Waals surface area (Å²) in [5, 5.41) is 3.71. The van der Waals surface area contributed by atoms with Gasteiger partial charge in [-0.3, -0.25) is 4.79 Å². The molecule has 0 saturated carbocycles. The quantitative estimate of drug-likeness (QED) is 0.684. The molecule has 0 amide bonds. The minimum atomic E-state index is -1.20. The molecule has 0 unspecified atom stereocenters. The van der Waals surface area contributed by atoms with Crippen LogP contribution in [0, 0.1) is 0 Å². The van der Waals surface area contributed by atoms with Gasteiger partial charge in [-0.05, 0) is 25.0 Å². The van der Waals surface area contributed by atoms with Crippen LogP contribution in [-0.2, 0) is 15.1 Å². The van der Waals surface area contributed by atoms with Gasteiger partial charge in [-0.25, -0.2) is 0 Å². The molecule has 2 aromatic rings. The van der Waals surface area contributed by atoms with E-state index in [1.165, 1.54) is 0 Å². The minimum Gasteiger partial charge on any atom is -0.345 e. The van der Waals surface area contributed by atoms with Gasteiger partial charge in [0.2, 0.25) is 5.78 Å². The normalized spacial score (nSPS) is 21.2. The van der Waals surface area contributed by atoms with Crippen LogP contribution in [0.4, 0.5) is 0 Å². The smallest absolute Gasteiger partial charge is 0.222 e. The molecular formula is C18H18N2O2. The monoisotopic (exact) mass is 294 g/mol. The van der Waals surface area contributed by atoms with Crippen molar-refractivity contribution in [2.24, 2.45) is 10.9 Å². The highest BCUT2D eigenvalue weighted by molar-refractivity contribution is 6.47. The lowest BCUT2D eigenvalue weighted by Crippen LogP contribution is -2.36. The van der Waals surface area contributed by atoms with Gasteiger partial charge in [0.1, 0.15) is 11.3 Å². The lowest BCUT2D eigenvalue weighted by molar-refractivity contribution is -0.132. The number of ether oxygens (including phenoxy) is 1. The van der Waals surface area contributed by atoms with E-state index in [9.17, 15) is 4.79 Å². The first kappa shape index (κ1) is 14.5. The van der Waals surface area contributed by atoms with Gasteiger partial charge in [-0.2, -0.15) is 5.10 Å². The van der Waals surface area contributed by atoms with Crippen LogP contribution >= 0.6 is 0 Å². The Bertz CT molecular complexity index is 682. The number of benzene rings is 2. The maximum absolute atomic E-state index is 13.1. The number of carbonyl (C=O) groups excluding carboxylic acids is 1. The molecule has 0 radical (unpaired) electrons. The number of hydrogen-bond acceptors (Lipinski definition) is 4. The zero-order valence-electron chi connectivity index (χ0n) is 12.6. The predicted molar refractivity (Wildman–Crippen MR) is 85.5 cm³/mol. The summed E-state index contributed by atoms with van der Waals surface area (Å²) in [6.45, 7) is 3.62. The molecule has 0 bridgehead atoms. The largest absolute Gasteiger partial charge is 0.345 e. The van der Waals surface area contributed by atoms with Gasteiger partial charge < -0.3 is 10.6 Å². The fraction of sp³-hybridized carbons (Fsp3) is 0.222. The first-order valence-electron chi connectivity index (χ1n) is 7.17. The molecule has 1 heterocycles. The van der Waals surface area contributed by atoms with Crippen molar-refractivity contribution < 1.29 is 9.53 Å². The van der Waals surface area contributed by atoms with Crippen molar-refractivity contribution in [3.8, 4) is 0 Å². The van der Waals surface area contributed by atoms with Crippen LogP contribution < -0.4 is 5.84 Å². The molecule has 0 atom stereocenters. The van der Waals surface area contributed by atoms with Crippen molar-refractivity contribution in [1.29, 1.82) is 0 Å². The molecular weight excluding hydrogens is 276 g/mol. The first-order chi connectivity index (χ1) is 10.5. The lowest BCUT2D eigenvalue weighted by atomic mass is 9.82. The van der Waals surface area contributed by atoms with E-state index >= 15 is 0 Å². The molecule has 1 saturated heterocycles. The van der Waals surface area contributed by atoms with Crippen LogP contribution in [0.15, 0.2) is 65.8 Å². The summed E-state index contributed by atoms with van der Waals surface area (Å²) in [5.41, 5.74) is -0.252. The fourth-order valence-corrected chi connectivity index (χ4v) is 3.02. The van der Waals surface area contributed by atoms with Crippen molar-refractivity contribution >= 4 is 11.5 Å². The Balaban J connectivity index is 2.30. The molecule has 4 nitrogen and oxygen atoms in total. The number of hydrazone groups is 1. The number of hydrogen-bond donors (Lipinski definition) is 1. The molecule has 2 N–H and O–H groups in total. The van der Waals surface area contributed by atoms with E-state index in [1.807, 2.05) is 74.5 Å². The maximum atomic E-state index is 13.1. The third kappa shape index (κ3) is 1.96. The first-order valence-corrected chi connectivity index (χ1v) is 7.17. The molecule has 0 aliphatic carbocycles. The lowest BCUT2D eigenvalue weighted by Gasteiger charge is -2.30. The third-order valence-corrected chi connectivity index (χ3v) is 4.00. The molecule has 2 aromatic carbocycles. The van der Waals surface area contributed by atoms with Gasteiger partial charge in [0.25, 0.3) is 0 Å². The van der Waals surface area contributed by atoms with Crippen LogP contribution in [-0.4, -0.2) is 17.1 Å². The summed E-state index contributed by atoms with van der Waals surface area (Å²) < 4.78 is 6.26. The predicted octanol–water partition coefficient (Wildman–Crippen LogP) is 2.62. The highest BCUT2D eigenvalue weighted by Gasteiger charge is 2.58. The van der Waals surface area contributed by atoms with Crippen LogP contribution in [0.2, 0.25) is 0 Å².